The summed E-state index contributed by atoms with van der Waals surface area (Å²) in [6, 6.07) is 13.5. The average molecular weight is 375 g/mol. The number of pyridine rings is 1. The first kappa shape index (κ1) is 18.7. The fraction of sp³-hybridized carbons (Fsp3) is 0.400. The van der Waals surface area contributed by atoms with Gasteiger partial charge in [0.15, 0.2) is 0 Å². The summed E-state index contributed by atoms with van der Waals surface area (Å²) in [5, 5.41) is 21.0. The maximum Gasteiger partial charge on any atom is 0.314 e. The molecule has 2 atom stereocenters. The number of hydrogen-bond acceptors (Lipinski definition) is 4. The third-order valence-electron chi connectivity index (χ3n) is 5.18. The smallest absolute Gasteiger partial charge is 0.314 e. The van der Waals surface area contributed by atoms with E-state index >= 15 is 0 Å². The molecule has 138 valence electrons. The lowest BCUT2D eigenvalue weighted by Crippen LogP contribution is -2.56. The molecule has 5 nitrogen and oxygen atoms in total. The molecular weight excluding hydrogens is 352 g/mol. The molecule has 0 saturated carbocycles. The minimum absolute atomic E-state index is 0.243. The zero-order chi connectivity index (χ0) is 18.6. The summed E-state index contributed by atoms with van der Waals surface area (Å²) in [6.45, 7) is 0.816. The van der Waals surface area contributed by atoms with Gasteiger partial charge in [0.1, 0.15) is 11.2 Å². The molecule has 0 bridgehead atoms. The molecule has 26 heavy (non-hydrogen) atoms. The van der Waals surface area contributed by atoms with Crippen molar-refractivity contribution in [3.8, 4) is 0 Å². The Kier molecular flexibility index (Phi) is 5.79. The number of aliphatic carboxylic acids is 1. The summed E-state index contributed by atoms with van der Waals surface area (Å²) in [6.07, 6.45) is 3.01. The van der Waals surface area contributed by atoms with Crippen LogP contribution in [0.5, 0.6) is 0 Å². The summed E-state index contributed by atoms with van der Waals surface area (Å²) in [5.41, 5.74) is -0.0106. The number of hydrogen-bond donors (Lipinski definition) is 2. The molecule has 2 aromatic rings. The Morgan fingerprint density at radius 3 is 2.69 bits per heavy atom. The van der Waals surface area contributed by atoms with E-state index in [1.165, 1.54) is 5.56 Å². The lowest BCUT2D eigenvalue weighted by molar-refractivity contribution is -0.158. The second-order valence-electron chi connectivity index (χ2n) is 6.86. The molecule has 0 unspecified atom stereocenters. The van der Waals surface area contributed by atoms with Gasteiger partial charge in [0.2, 0.25) is 0 Å². The number of aryl methyl sites for hydroxylation is 1. The number of benzene rings is 1. The maximum atomic E-state index is 12.1. The van der Waals surface area contributed by atoms with E-state index in [4.69, 9.17) is 11.6 Å². The fourth-order valence-electron chi connectivity index (χ4n) is 3.65. The SMILES string of the molecule is O=C(O)[C@]1(CCCc2ccccc2)CN(c2ccc(Cl)cn2)CC[C@@H]1O. The Hall–Kier alpha value is -2.11. The van der Waals surface area contributed by atoms with E-state index in [0.717, 1.165) is 6.42 Å². The van der Waals surface area contributed by atoms with Crippen molar-refractivity contribution in [2.24, 2.45) is 5.41 Å². The van der Waals surface area contributed by atoms with E-state index in [0.29, 0.717) is 36.6 Å². The van der Waals surface area contributed by atoms with Crippen molar-refractivity contribution in [3.05, 3.63) is 59.2 Å². The quantitative estimate of drug-likeness (QED) is 0.810. The molecule has 1 fully saturated rings. The van der Waals surface area contributed by atoms with Crippen molar-refractivity contribution in [1.82, 2.24) is 4.98 Å². The largest absolute Gasteiger partial charge is 0.481 e. The molecule has 1 aliphatic heterocycles. The Morgan fingerprint density at radius 2 is 2.04 bits per heavy atom. The van der Waals surface area contributed by atoms with Crippen LogP contribution in [0.2, 0.25) is 5.02 Å². The predicted octanol–water partition coefficient (Wildman–Crippen LogP) is 3.40. The van der Waals surface area contributed by atoms with E-state index in [-0.39, 0.29) is 6.54 Å². The Labute approximate surface area is 158 Å². The molecular formula is C20H23ClN2O3. The van der Waals surface area contributed by atoms with Crippen molar-refractivity contribution in [3.63, 3.8) is 0 Å². The van der Waals surface area contributed by atoms with Gasteiger partial charge in [-0.05, 0) is 43.4 Å². The summed E-state index contributed by atoms with van der Waals surface area (Å²) in [4.78, 5) is 18.4. The predicted molar refractivity (Wildman–Crippen MR) is 102 cm³/mol. The fourth-order valence-corrected chi connectivity index (χ4v) is 3.76. The molecule has 3 rings (SSSR count). The number of rotatable bonds is 6. The molecule has 0 amide bonds. The van der Waals surface area contributed by atoms with E-state index in [9.17, 15) is 15.0 Å². The van der Waals surface area contributed by atoms with E-state index < -0.39 is 17.5 Å². The van der Waals surface area contributed by atoms with Crippen molar-refractivity contribution in [2.75, 3.05) is 18.0 Å². The van der Waals surface area contributed by atoms with E-state index in [2.05, 4.69) is 4.98 Å². The Balaban J connectivity index is 1.74. The van der Waals surface area contributed by atoms with Crippen LogP contribution in [-0.2, 0) is 11.2 Å². The molecule has 1 aliphatic rings. The number of nitrogens with zero attached hydrogens (tertiary/aromatic N) is 2. The first-order valence-electron chi connectivity index (χ1n) is 8.83. The van der Waals surface area contributed by atoms with Crippen molar-refractivity contribution < 1.29 is 15.0 Å². The van der Waals surface area contributed by atoms with Gasteiger partial charge >= 0.3 is 5.97 Å². The zero-order valence-corrected chi connectivity index (χ0v) is 15.3. The minimum Gasteiger partial charge on any atom is -0.481 e. The van der Waals surface area contributed by atoms with Crippen molar-refractivity contribution in [1.29, 1.82) is 0 Å². The van der Waals surface area contributed by atoms with Crippen LogP contribution in [-0.4, -0.2) is 40.4 Å². The van der Waals surface area contributed by atoms with Gasteiger partial charge in [-0.1, -0.05) is 41.9 Å². The molecule has 0 spiro atoms. The zero-order valence-electron chi connectivity index (χ0n) is 14.5. The number of carbonyl (C=O) groups is 1. The highest BCUT2D eigenvalue weighted by molar-refractivity contribution is 6.30. The van der Waals surface area contributed by atoms with Gasteiger partial charge in [-0.15, -0.1) is 0 Å². The lowest BCUT2D eigenvalue weighted by Gasteiger charge is -2.44. The third-order valence-corrected chi connectivity index (χ3v) is 5.40. The number of carboxylic acids is 1. The Bertz CT molecular complexity index is 738. The first-order valence-corrected chi connectivity index (χ1v) is 9.21. The number of aromatic nitrogens is 1. The second-order valence-corrected chi connectivity index (χ2v) is 7.30. The van der Waals surface area contributed by atoms with Gasteiger partial charge in [0.25, 0.3) is 0 Å². The van der Waals surface area contributed by atoms with Crippen LogP contribution in [0.4, 0.5) is 5.82 Å². The number of anilines is 1. The highest BCUT2D eigenvalue weighted by Gasteiger charge is 2.49. The van der Waals surface area contributed by atoms with Crippen LogP contribution in [0.3, 0.4) is 0 Å². The summed E-state index contributed by atoms with van der Waals surface area (Å²) < 4.78 is 0. The monoisotopic (exact) mass is 374 g/mol. The topological polar surface area (TPSA) is 73.7 Å². The van der Waals surface area contributed by atoms with Crippen molar-refractivity contribution >= 4 is 23.4 Å². The molecule has 1 aromatic carbocycles. The molecule has 6 heteroatoms. The molecule has 0 aliphatic carbocycles. The molecule has 0 radical (unpaired) electrons. The number of carboxylic acid groups (broad SMARTS) is 1. The van der Waals surface area contributed by atoms with Gasteiger partial charge in [-0.3, -0.25) is 4.79 Å². The van der Waals surface area contributed by atoms with Gasteiger partial charge in [0.05, 0.1) is 11.1 Å². The standard InChI is InChI=1S/C20H23ClN2O3/c21-16-8-9-18(22-13-16)23-12-10-17(24)20(14-23,19(25)26)11-4-7-15-5-2-1-3-6-15/h1-3,5-6,8-9,13,17,24H,4,7,10-12,14H2,(H,25,26)/t17-,20+/m0/s1. The number of halogens is 1. The second kappa shape index (κ2) is 8.06. The van der Waals surface area contributed by atoms with Crippen LogP contribution in [0.15, 0.2) is 48.7 Å². The number of piperidine rings is 1. The van der Waals surface area contributed by atoms with Crippen LogP contribution in [0.25, 0.3) is 0 Å². The molecule has 1 aromatic heterocycles. The maximum absolute atomic E-state index is 12.1. The van der Waals surface area contributed by atoms with Gasteiger partial charge in [-0.2, -0.15) is 0 Å². The lowest BCUT2D eigenvalue weighted by atomic mass is 9.73. The van der Waals surface area contributed by atoms with Crippen LogP contribution < -0.4 is 4.90 Å². The number of aliphatic hydroxyl groups excluding tert-OH is 1. The van der Waals surface area contributed by atoms with Crippen LogP contribution in [0.1, 0.15) is 24.8 Å². The molecule has 2 heterocycles. The van der Waals surface area contributed by atoms with E-state index in [1.807, 2.05) is 35.2 Å². The van der Waals surface area contributed by atoms with Gasteiger partial charge in [-0.25, -0.2) is 4.98 Å². The average Bonchev–Trinajstić information content (AvgIpc) is 2.65. The van der Waals surface area contributed by atoms with E-state index in [1.54, 1.807) is 18.3 Å². The number of aliphatic hydroxyl groups is 1. The van der Waals surface area contributed by atoms with Crippen LogP contribution in [0, 0.1) is 5.41 Å². The highest BCUT2D eigenvalue weighted by Crippen LogP contribution is 2.37. The molecule has 1 saturated heterocycles. The van der Waals surface area contributed by atoms with Crippen LogP contribution >= 0.6 is 11.6 Å². The third kappa shape index (κ3) is 4.00. The molecule has 2 N–H and O–H groups in total. The first-order chi connectivity index (χ1) is 12.5. The highest BCUT2D eigenvalue weighted by atomic mass is 35.5. The van der Waals surface area contributed by atoms with Crippen molar-refractivity contribution in [2.45, 2.75) is 31.8 Å². The summed E-state index contributed by atoms with van der Waals surface area (Å²) in [7, 11) is 0. The Morgan fingerprint density at radius 1 is 1.27 bits per heavy atom. The summed E-state index contributed by atoms with van der Waals surface area (Å²) in [5.74, 6) is -0.258. The minimum atomic E-state index is -1.19. The summed E-state index contributed by atoms with van der Waals surface area (Å²) >= 11 is 5.89. The van der Waals surface area contributed by atoms with Gasteiger partial charge in [0, 0.05) is 19.3 Å². The van der Waals surface area contributed by atoms with Gasteiger partial charge < -0.3 is 15.1 Å². The normalized spacial score (nSPS) is 23.0.